The minimum atomic E-state index is -1.60. The molecule has 0 aliphatic heterocycles. The van der Waals surface area contributed by atoms with E-state index in [4.69, 9.17) is 9.16 Å². The minimum Gasteiger partial charge on any atom is -0.494 e. The molecule has 0 fully saturated rings. The fourth-order valence-electron chi connectivity index (χ4n) is 5.77. The topological polar surface area (TPSA) is 18.5 Å². The average molecular weight is 646 g/mol. The molecule has 2 atom stereocenters. The van der Waals surface area contributed by atoms with Crippen LogP contribution in [0.5, 0.6) is 5.75 Å². The number of benzene rings is 2. The molecule has 4 heteroatoms. The van der Waals surface area contributed by atoms with Crippen molar-refractivity contribution < 1.29 is 13.6 Å². The molecular formula is C42H62FO2Si-. The van der Waals surface area contributed by atoms with Crippen LogP contribution in [0, 0.1) is 12.3 Å². The Hall–Kier alpha value is -2.56. The monoisotopic (exact) mass is 645 g/mol. The lowest BCUT2D eigenvalue weighted by Crippen LogP contribution is -2.40. The van der Waals surface area contributed by atoms with Gasteiger partial charge in [0, 0.05) is 12.4 Å². The summed E-state index contributed by atoms with van der Waals surface area (Å²) in [5.74, 6) is 1.75. The lowest BCUT2D eigenvalue weighted by molar-refractivity contribution is 0.277. The maximum Gasteiger partial charge on any atom is 0.191 e. The van der Waals surface area contributed by atoms with Gasteiger partial charge in [0.25, 0.3) is 0 Å². The zero-order chi connectivity index (χ0) is 33.4. The van der Waals surface area contributed by atoms with Crippen LogP contribution in [-0.4, -0.2) is 21.5 Å². The molecular weight excluding hydrogens is 584 g/mol. The van der Waals surface area contributed by atoms with Crippen molar-refractivity contribution in [2.75, 3.05) is 13.2 Å². The van der Waals surface area contributed by atoms with Gasteiger partial charge >= 0.3 is 0 Å². The summed E-state index contributed by atoms with van der Waals surface area (Å²) in [5.41, 5.74) is 4.89. The van der Waals surface area contributed by atoms with E-state index in [1.807, 2.05) is 12.5 Å². The summed E-state index contributed by atoms with van der Waals surface area (Å²) in [4.78, 5) is 0. The molecule has 0 heterocycles. The summed E-state index contributed by atoms with van der Waals surface area (Å²) >= 11 is 0. The number of hydrogen-bond donors (Lipinski definition) is 0. The standard InChI is InChI=1S/C42H62FO2Si/c1-8-34(2)32-38(35-20-16-15-17-21-35)33-41(36-22-26-39(43)27-23-36)37-24-28-40(29-25-37)44-30-18-13-11-9-10-12-14-19-31-45-46(6,7)42(3,4)5/h15-17,20-29,34,38H,8-14,18-19,30-33H2,1-7H3/q-1. The van der Waals surface area contributed by atoms with Crippen LogP contribution >= 0.6 is 0 Å². The van der Waals surface area contributed by atoms with Crippen LogP contribution in [0.4, 0.5) is 4.39 Å². The Bertz CT molecular complexity index is 1240. The lowest BCUT2D eigenvalue weighted by atomic mass is 9.80. The van der Waals surface area contributed by atoms with Crippen molar-refractivity contribution in [3.05, 3.63) is 102 Å². The van der Waals surface area contributed by atoms with Gasteiger partial charge in [-0.3, -0.25) is 4.39 Å². The molecule has 2 nitrogen and oxygen atoms in total. The van der Waals surface area contributed by atoms with E-state index in [-0.39, 0.29) is 5.83 Å². The van der Waals surface area contributed by atoms with E-state index in [1.54, 1.807) is 12.2 Å². The highest BCUT2D eigenvalue weighted by Gasteiger charge is 2.36. The first-order valence-corrected chi connectivity index (χ1v) is 20.9. The maximum atomic E-state index is 13.9. The van der Waals surface area contributed by atoms with E-state index in [9.17, 15) is 4.39 Å². The highest BCUT2D eigenvalue weighted by Crippen LogP contribution is 2.39. The van der Waals surface area contributed by atoms with E-state index in [2.05, 4.69) is 102 Å². The van der Waals surface area contributed by atoms with Crippen LogP contribution in [0.3, 0.4) is 0 Å². The molecule has 0 bridgehead atoms. The van der Waals surface area contributed by atoms with Gasteiger partial charge in [0.1, 0.15) is 5.75 Å². The predicted molar refractivity (Wildman–Crippen MR) is 199 cm³/mol. The fourth-order valence-corrected chi connectivity index (χ4v) is 6.85. The van der Waals surface area contributed by atoms with Crippen LogP contribution in [-0.2, 0) is 4.43 Å². The average Bonchev–Trinajstić information content (AvgIpc) is 3.04. The van der Waals surface area contributed by atoms with E-state index in [1.165, 1.54) is 61.6 Å². The molecule has 2 unspecified atom stereocenters. The number of hydrogen-bond acceptors (Lipinski definition) is 2. The highest BCUT2D eigenvalue weighted by molar-refractivity contribution is 6.74. The normalized spacial score (nSPS) is 16.0. The Morgan fingerprint density at radius 2 is 1.43 bits per heavy atom. The Labute approximate surface area is 282 Å². The van der Waals surface area contributed by atoms with Gasteiger partial charge in [-0.05, 0) is 66.9 Å². The third-order valence-corrected chi connectivity index (χ3v) is 14.6. The number of allylic oxidation sites excluding steroid dienone is 6. The molecule has 0 saturated carbocycles. The first-order valence-electron chi connectivity index (χ1n) is 18.0. The third-order valence-electron chi connectivity index (χ3n) is 10.1. The van der Waals surface area contributed by atoms with Crippen molar-refractivity contribution in [2.24, 2.45) is 5.92 Å². The number of rotatable bonds is 20. The van der Waals surface area contributed by atoms with Gasteiger partial charge in [0.05, 0.1) is 6.61 Å². The fraction of sp³-hybridized carbons (Fsp3) is 0.548. The van der Waals surface area contributed by atoms with Crippen LogP contribution in [0.1, 0.15) is 122 Å². The predicted octanol–water partition coefficient (Wildman–Crippen LogP) is 13.2. The van der Waals surface area contributed by atoms with Gasteiger partial charge in [-0.15, -0.1) is 35.8 Å². The van der Waals surface area contributed by atoms with Gasteiger partial charge in [0.2, 0.25) is 0 Å². The van der Waals surface area contributed by atoms with E-state index in [0.717, 1.165) is 50.2 Å². The molecule has 0 aromatic heterocycles. The van der Waals surface area contributed by atoms with Gasteiger partial charge in [-0.2, -0.15) is 0 Å². The van der Waals surface area contributed by atoms with Gasteiger partial charge in [-0.25, -0.2) is 0 Å². The quantitative estimate of drug-likeness (QED) is 0.0810. The molecule has 254 valence electrons. The van der Waals surface area contributed by atoms with E-state index < -0.39 is 8.32 Å². The first-order chi connectivity index (χ1) is 22.0. The summed E-state index contributed by atoms with van der Waals surface area (Å²) < 4.78 is 26.3. The maximum absolute atomic E-state index is 13.9. The van der Waals surface area contributed by atoms with Gasteiger partial charge < -0.3 is 9.16 Å². The smallest absolute Gasteiger partial charge is 0.191 e. The van der Waals surface area contributed by atoms with Crippen molar-refractivity contribution in [1.82, 2.24) is 0 Å². The van der Waals surface area contributed by atoms with Crippen molar-refractivity contribution in [1.29, 1.82) is 0 Å². The lowest BCUT2D eigenvalue weighted by Gasteiger charge is -2.36. The van der Waals surface area contributed by atoms with Crippen molar-refractivity contribution in [2.45, 2.75) is 129 Å². The molecule has 1 aliphatic rings. The Balaban J connectivity index is 1.45. The van der Waals surface area contributed by atoms with Crippen molar-refractivity contribution >= 4 is 13.9 Å². The van der Waals surface area contributed by atoms with Crippen LogP contribution in [0.2, 0.25) is 18.1 Å². The first kappa shape index (κ1) is 37.9. The van der Waals surface area contributed by atoms with Crippen molar-refractivity contribution in [3.8, 4) is 5.75 Å². The molecule has 1 aliphatic carbocycles. The number of halogens is 1. The molecule has 2 aromatic rings. The number of ether oxygens (including phenoxy) is 1. The third kappa shape index (κ3) is 12.9. The summed E-state index contributed by atoms with van der Waals surface area (Å²) in [5, 5.41) is 0.298. The Morgan fingerprint density at radius 1 is 0.826 bits per heavy atom. The molecule has 2 aromatic carbocycles. The second kappa shape index (κ2) is 19.3. The van der Waals surface area contributed by atoms with Gasteiger partial charge in [-0.1, -0.05) is 134 Å². The minimum absolute atomic E-state index is 0.200. The highest BCUT2D eigenvalue weighted by atomic mass is 28.4. The van der Waals surface area contributed by atoms with Crippen LogP contribution in [0.25, 0.3) is 5.57 Å². The molecule has 0 radical (unpaired) electrons. The van der Waals surface area contributed by atoms with Crippen LogP contribution < -0.4 is 4.74 Å². The number of unbranched alkanes of at least 4 members (excludes halogenated alkanes) is 7. The van der Waals surface area contributed by atoms with Gasteiger partial charge in [0.15, 0.2) is 8.32 Å². The summed E-state index contributed by atoms with van der Waals surface area (Å²) in [6.45, 7) is 17.9. The van der Waals surface area contributed by atoms with Crippen LogP contribution in [0.15, 0.2) is 84.2 Å². The SMILES string of the molecule is CCC(C)CC(CC(=C1C=CC(F)=C[CH-]1)c1ccc(OCCCCCCCCCCO[Si](C)(C)C(C)(C)C)cc1)c1ccccc1. The molecule has 0 saturated heterocycles. The Kier molecular flexibility index (Phi) is 15.9. The zero-order valence-corrected chi connectivity index (χ0v) is 31.0. The second-order valence-electron chi connectivity index (χ2n) is 14.9. The molecule has 46 heavy (non-hydrogen) atoms. The summed E-state index contributed by atoms with van der Waals surface area (Å²) in [7, 11) is -1.60. The van der Waals surface area contributed by atoms with E-state index >= 15 is 0 Å². The summed E-state index contributed by atoms with van der Waals surface area (Å²) in [6.07, 6.45) is 20.2. The molecule has 0 spiro atoms. The Morgan fingerprint density at radius 3 is 2.00 bits per heavy atom. The molecule has 0 N–H and O–H groups in total. The largest absolute Gasteiger partial charge is 0.494 e. The summed E-state index contributed by atoms with van der Waals surface area (Å²) in [6, 6.07) is 19.4. The second-order valence-corrected chi connectivity index (χ2v) is 19.7. The molecule has 3 rings (SSSR count). The van der Waals surface area contributed by atoms with Crippen molar-refractivity contribution in [3.63, 3.8) is 0 Å². The molecule has 0 amide bonds. The zero-order valence-electron chi connectivity index (χ0n) is 30.0. The van der Waals surface area contributed by atoms with E-state index in [0.29, 0.717) is 16.9 Å².